The molecule has 156 valence electrons. The number of ether oxygens (including phenoxy) is 1. The number of carbonyl (C=O) groups excluding carboxylic acids is 3. The van der Waals surface area contributed by atoms with Crippen molar-refractivity contribution in [2.75, 3.05) is 20.6 Å². The summed E-state index contributed by atoms with van der Waals surface area (Å²) >= 11 is 1.50. The fourth-order valence-corrected chi connectivity index (χ4v) is 3.88. The Kier molecular flexibility index (Phi) is 6.82. The van der Waals surface area contributed by atoms with Crippen molar-refractivity contribution in [2.45, 2.75) is 59.4 Å². The molecule has 0 aromatic carbocycles. The zero-order chi connectivity index (χ0) is 21.2. The molecule has 1 saturated heterocycles. The van der Waals surface area contributed by atoms with E-state index in [0.29, 0.717) is 12.2 Å². The summed E-state index contributed by atoms with van der Waals surface area (Å²) in [5.41, 5.74) is 0.00361. The molecule has 1 aromatic heterocycles. The number of carbonyl (C=O) groups is 3. The first-order valence-corrected chi connectivity index (χ1v) is 10.2. The molecule has 0 unspecified atom stereocenters. The Morgan fingerprint density at radius 3 is 2.50 bits per heavy atom. The Balaban J connectivity index is 2.14. The van der Waals surface area contributed by atoms with E-state index in [1.807, 2.05) is 38.2 Å². The van der Waals surface area contributed by atoms with Crippen LogP contribution in [-0.4, -0.2) is 69.9 Å². The van der Waals surface area contributed by atoms with Crippen LogP contribution in [0.1, 0.15) is 45.3 Å². The summed E-state index contributed by atoms with van der Waals surface area (Å²) in [5.74, 6) is -1.01. The van der Waals surface area contributed by atoms with Crippen LogP contribution in [0.5, 0.6) is 0 Å². The topological polar surface area (TPSA) is 83.1 Å². The van der Waals surface area contributed by atoms with Crippen molar-refractivity contribution in [1.82, 2.24) is 19.7 Å². The molecule has 0 spiro atoms. The van der Waals surface area contributed by atoms with Gasteiger partial charge in [0.25, 0.3) is 5.91 Å². The monoisotopic (exact) mass is 410 g/mol. The number of hydrogen-bond acceptors (Lipinski definition) is 7. The highest BCUT2D eigenvalue weighted by Crippen LogP contribution is 2.24. The van der Waals surface area contributed by atoms with E-state index in [9.17, 15) is 14.4 Å². The van der Waals surface area contributed by atoms with Crippen LogP contribution in [0, 0.1) is 5.92 Å². The summed E-state index contributed by atoms with van der Waals surface area (Å²) in [7, 11) is 3.91. The van der Waals surface area contributed by atoms with Gasteiger partial charge in [-0.15, -0.1) is 11.3 Å². The lowest BCUT2D eigenvalue weighted by Crippen LogP contribution is -2.49. The summed E-state index contributed by atoms with van der Waals surface area (Å²) in [6.45, 7) is 9.68. The van der Waals surface area contributed by atoms with Crippen molar-refractivity contribution in [1.29, 1.82) is 0 Å². The van der Waals surface area contributed by atoms with Gasteiger partial charge in [0.1, 0.15) is 23.2 Å². The minimum atomic E-state index is -0.805. The average molecular weight is 411 g/mol. The Morgan fingerprint density at radius 2 is 1.96 bits per heavy atom. The molecule has 1 fully saturated rings. The van der Waals surface area contributed by atoms with Crippen LogP contribution in [0.2, 0.25) is 0 Å². The van der Waals surface area contributed by atoms with Gasteiger partial charge in [-0.25, -0.2) is 14.6 Å². The SMILES string of the molecule is CC(C)[C@@H](C(=O)OC(C)(C)C)N1CC(=O)N(Cc2csc(CN(C)C)n2)C1=O. The van der Waals surface area contributed by atoms with E-state index in [4.69, 9.17) is 4.74 Å². The number of nitrogens with zero attached hydrogens (tertiary/aromatic N) is 4. The maximum absolute atomic E-state index is 12.9. The van der Waals surface area contributed by atoms with Gasteiger partial charge in [-0.3, -0.25) is 9.69 Å². The molecule has 1 atom stereocenters. The van der Waals surface area contributed by atoms with Crippen molar-refractivity contribution in [3.8, 4) is 0 Å². The highest BCUT2D eigenvalue weighted by molar-refractivity contribution is 7.09. The van der Waals surface area contributed by atoms with E-state index in [1.165, 1.54) is 16.2 Å². The summed E-state index contributed by atoms with van der Waals surface area (Å²) in [6.07, 6.45) is 0. The van der Waals surface area contributed by atoms with Crippen LogP contribution < -0.4 is 0 Å². The van der Waals surface area contributed by atoms with Crippen molar-refractivity contribution in [3.05, 3.63) is 16.1 Å². The number of rotatable bonds is 7. The van der Waals surface area contributed by atoms with Crippen molar-refractivity contribution < 1.29 is 19.1 Å². The third-order valence-corrected chi connectivity index (χ3v) is 4.95. The Bertz CT molecular complexity index is 739. The third-order valence-electron chi connectivity index (χ3n) is 4.07. The molecule has 1 aliphatic rings. The number of urea groups is 1. The number of imide groups is 1. The van der Waals surface area contributed by atoms with E-state index < -0.39 is 23.6 Å². The van der Waals surface area contributed by atoms with Crippen LogP contribution in [0.25, 0.3) is 0 Å². The molecule has 0 radical (unpaired) electrons. The minimum Gasteiger partial charge on any atom is -0.458 e. The zero-order valence-corrected chi connectivity index (χ0v) is 18.5. The highest BCUT2D eigenvalue weighted by atomic mass is 32.1. The molecule has 9 heteroatoms. The van der Waals surface area contributed by atoms with Gasteiger partial charge in [-0.2, -0.15) is 0 Å². The van der Waals surface area contributed by atoms with E-state index in [-0.39, 0.29) is 24.9 Å². The number of thiazole rings is 1. The number of esters is 1. The van der Waals surface area contributed by atoms with Crippen LogP contribution in [0.15, 0.2) is 5.38 Å². The molecule has 28 heavy (non-hydrogen) atoms. The van der Waals surface area contributed by atoms with Gasteiger partial charge >= 0.3 is 12.0 Å². The van der Waals surface area contributed by atoms with Gasteiger partial charge in [-0.1, -0.05) is 13.8 Å². The quantitative estimate of drug-likeness (QED) is 0.507. The summed E-state index contributed by atoms with van der Waals surface area (Å²) in [4.78, 5) is 47.0. The van der Waals surface area contributed by atoms with Crippen molar-refractivity contribution in [2.24, 2.45) is 5.92 Å². The fraction of sp³-hybridized carbons (Fsp3) is 0.684. The van der Waals surface area contributed by atoms with Crippen LogP contribution in [0.4, 0.5) is 4.79 Å². The first kappa shape index (κ1) is 22.3. The highest BCUT2D eigenvalue weighted by Gasteiger charge is 2.45. The maximum Gasteiger partial charge on any atom is 0.329 e. The standard InChI is InChI=1S/C19H30N4O4S/c1-12(2)16(17(25)27-19(3,4)5)23-10-15(24)22(18(23)26)8-13-11-28-14(20-13)9-21(6)7/h11-12,16H,8-10H2,1-7H3/t16-/m0/s1. The molecule has 0 N–H and O–H groups in total. The molecule has 0 bridgehead atoms. The molecule has 8 nitrogen and oxygen atoms in total. The van der Waals surface area contributed by atoms with Gasteiger partial charge < -0.3 is 14.5 Å². The largest absolute Gasteiger partial charge is 0.458 e. The molecule has 2 heterocycles. The molecule has 0 aliphatic carbocycles. The maximum atomic E-state index is 12.9. The molecule has 2 rings (SSSR count). The molecule has 1 aliphatic heterocycles. The van der Waals surface area contributed by atoms with E-state index in [1.54, 1.807) is 20.8 Å². The van der Waals surface area contributed by atoms with Crippen LogP contribution in [-0.2, 0) is 27.4 Å². The Hall–Kier alpha value is -2.00. The van der Waals surface area contributed by atoms with E-state index in [2.05, 4.69) is 4.98 Å². The molecule has 3 amide bonds. The number of hydrogen-bond donors (Lipinski definition) is 0. The van der Waals surface area contributed by atoms with E-state index in [0.717, 1.165) is 9.91 Å². The van der Waals surface area contributed by atoms with Crippen molar-refractivity contribution >= 4 is 29.2 Å². The summed E-state index contributed by atoms with van der Waals surface area (Å²) in [6, 6.07) is -1.28. The second-order valence-corrected chi connectivity index (χ2v) is 9.53. The number of aromatic nitrogens is 1. The third kappa shape index (κ3) is 5.51. The Morgan fingerprint density at radius 1 is 1.32 bits per heavy atom. The smallest absolute Gasteiger partial charge is 0.329 e. The first-order valence-electron chi connectivity index (χ1n) is 9.31. The lowest BCUT2D eigenvalue weighted by atomic mass is 10.0. The van der Waals surface area contributed by atoms with Gasteiger partial charge in [0.05, 0.1) is 12.2 Å². The van der Waals surface area contributed by atoms with Crippen molar-refractivity contribution in [3.63, 3.8) is 0 Å². The van der Waals surface area contributed by atoms with Crippen LogP contribution in [0.3, 0.4) is 0 Å². The first-order chi connectivity index (χ1) is 12.9. The predicted octanol–water partition coefficient (Wildman–Crippen LogP) is 2.34. The van der Waals surface area contributed by atoms with Gasteiger partial charge in [0.2, 0.25) is 0 Å². The van der Waals surface area contributed by atoms with E-state index >= 15 is 0 Å². The second kappa shape index (κ2) is 8.57. The molecular formula is C19H30N4O4S. The van der Waals surface area contributed by atoms with Gasteiger partial charge in [-0.05, 0) is 40.8 Å². The minimum absolute atomic E-state index is 0.108. The number of amides is 3. The van der Waals surface area contributed by atoms with Crippen LogP contribution >= 0.6 is 11.3 Å². The van der Waals surface area contributed by atoms with Gasteiger partial charge in [0.15, 0.2) is 0 Å². The second-order valence-electron chi connectivity index (χ2n) is 8.58. The molecule has 0 saturated carbocycles. The average Bonchev–Trinajstić information content (AvgIpc) is 3.05. The molecular weight excluding hydrogens is 380 g/mol. The normalized spacial score (nSPS) is 16.5. The lowest BCUT2D eigenvalue weighted by Gasteiger charge is -2.31. The fourth-order valence-electron chi connectivity index (χ4n) is 2.98. The zero-order valence-electron chi connectivity index (χ0n) is 17.7. The molecule has 1 aromatic rings. The van der Waals surface area contributed by atoms with Gasteiger partial charge in [0, 0.05) is 11.9 Å². The Labute approximate surface area is 170 Å². The summed E-state index contributed by atoms with van der Waals surface area (Å²) in [5, 5.41) is 2.78. The summed E-state index contributed by atoms with van der Waals surface area (Å²) < 4.78 is 5.47. The lowest BCUT2D eigenvalue weighted by molar-refractivity contribution is -0.161. The predicted molar refractivity (Wildman–Crippen MR) is 107 cm³/mol.